The second-order valence-corrected chi connectivity index (χ2v) is 4.20. The van der Waals surface area contributed by atoms with Crippen LogP contribution in [0.4, 0.5) is 13.2 Å². The predicted molar refractivity (Wildman–Crippen MR) is 54.0 cm³/mol. The first-order valence-electron chi connectivity index (χ1n) is 4.92. The number of halogens is 3. The molecule has 0 radical (unpaired) electrons. The number of hydrogen-bond donors (Lipinski definition) is 1. The molecule has 0 bridgehead atoms. The summed E-state index contributed by atoms with van der Waals surface area (Å²) in [7, 11) is 0. The van der Waals surface area contributed by atoms with Crippen LogP contribution < -0.4 is 0 Å². The number of rotatable bonds is 2. The van der Waals surface area contributed by atoms with Gasteiger partial charge in [0, 0.05) is 17.5 Å². The maximum absolute atomic E-state index is 12.5. The van der Waals surface area contributed by atoms with E-state index in [0.717, 1.165) is 13.1 Å². The van der Waals surface area contributed by atoms with Gasteiger partial charge in [-0.1, -0.05) is 19.9 Å². The van der Waals surface area contributed by atoms with Crippen molar-refractivity contribution < 1.29 is 18.3 Å². The molecule has 90 valence electrons. The lowest BCUT2D eigenvalue weighted by Gasteiger charge is -2.26. The van der Waals surface area contributed by atoms with Crippen molar-refractivity contribution in [3.8, 4) is 0 Å². The van der Waals surface area contributed by atoms with Crippen molar-refractivity contribution in [3.05, 3.63) is 29.6 Å². The lowest BCUT2D eigenvalue weighted by Crippen LogP contribution is -2.39. The van der Waals surface area contributed by atoms with Crippen molar-refractivity contribution >= 4 is 0 Å². The molecule has 0 spiro atoms. The molecule has 16 heavy (non-hydrogen) atoms. The highest BCUT2D eigenvalue weighted by Gasteiger charge is 2.51. The zero-order valence-electron chi connectivity index (χ0n) is 9.34. The van der Waals surface area contributed by atoms with Gasteiger partial charge < -0.3 is 5.11 Å². The highest BCUT2D eigenvalue weighted by Crippen LogP contribution is 2.38. The summed E-state index contributed by atoms with van der Waals surface area (Å²) >= 11 is 0. The molecule has 0 aromatic carbocycles. The molecule has 0 aliphatic heterocycles. The summed E-state index contributed by atoms with van der Waals surface area (Å²) in [6, 6.07) is 2.76. The molecule has 2 nitrogen and oxygen atoms in total. The Labute approximate surface area is 92.1 Å². The van der Waals surface area contributed by atoms with Crippen molar-refractivity contribution in [2.24, 2.45) is 0 Å². The molecule has 0 amide bonds. The number of hydrogen-bond acceptors (Lipinski definition) is 2. The minimum Gasteiger partial charge on any atom is -0.376 e. The number of pyridine rings is 1. The van der Waals surface area contributed by atoms with E-state index in [0.29, 0.717) is 5.69 Å². The Bertz CT molecular complexity index is 354. The molecule has 1 aromatic heterocycles. The van der Waals surface area contributed by atoms with Gasteiger partial charge in [0.05, 0.1) is 0 Å². The molecular weight excluding hydrogens is 219 g/mol. The average Bonchev–Trinajstić information content (AvgIpc) is 2.16. The molecule has 0 aliphatic carbocycles. The van der Waals surface area contributed by atoms with Crippen LogP contribution in [0.1, 0.15) is 37.9 Å². The third-order valence-electron chi connectivity index (χ3n) is 2.49. The normalized spacial score (nSPS) is 16.2. The lowest BCUT2D eigenvalue weighted by atomic mass is 9.96. The summed E-state index contributed by atoms with van der Waals surface area (Å²) in [5, 5.41) is 9.39. The van der Waals surface area contributed by atoms with Crippen molar-refractivity contribution in [1.29, 1.82) is 0 Å². The van der Waals surface area contributed by atoms with E-state index in [-0.39, 0.29) is 11.5 Å². The number of aliphatic hydroxyl groups is 1. The molecule has 1 unspecified atom stereocenters. The fraction of sp³-hybridized carbons (Fsp3) is 0.545. The molecule has 5 heteroatoms. The van der Waals surface area contributed by atoms with E-state index in [2.05, 4.69) is 4.98 Å². The van der Waals surface area contributed by atoms with Gasteiger partial charge in [-0.05, 0) is 18.9 Å². The predicted octanol–water partition coefficient (Wildman–Crippen LogP) is 2.97. The molecule has 1 N–H and O–H groups in total. The fourth-order valence-corrected chi connectivity index (χ4v) is 1.20. The molecule has 1 heterocycles. The van der Waals surface area contributed by atoms with Crippen LogP contribution in [0.2, 0.25) is 0 Å². The molecule has 0 fully saturated rings. The maximum Gasteiger partial charge on any atom is 0.421 e. The van der Waals surface area contributed by atoms with Gasteiger partial charge in [-0.3, -0.25) is 4.98 Å². The van der Waals surface area contributed by atoms with Gasteiger partial charge in [-0.25, -0.2) is 0 Å². The summed E-state index contributed by atoms with van der Waals surface area (Å²) in [6.45, 7) is 4.51. The Kier molecular flexibility index (Phi) is 3.28. The Hall–Kier alpha value is -1.10. The highest BCUT2D eigenvalue weighted by atomic mass is 19.4. The lowest BCUT2D eigenvalue weighted by molar-refractivity contribution is -0.259. The van der Waals surface area contributed by atoms with Gasteiger partial charge in [0.1, 0.15) is 0 Å². The zero-order chi connectivity index (χ0) is 12.6. The van der Waals surface area contributed by atoms with Crippen LogP contribution in [0.15, 0.2) is 18.3 Å². The van der Waals surface area contributed by atoms with E-state index in [4.69, 9.17) is 0 Å². The minimum atomic E-state index is -4.70. The van der Waals surface area contributed by atoms with Crippen LogP contribution in [0.3, 0.4) is 0 Å². The van der Waals surface area contributed by atoms with Crippen molar-refractivity contribution in [2.75, 3.05) is 0 Å². The molecular formula is C11H14F3NO. The zero-order valence-corrected chi connectivity index (χ0v) is 9.34. The second kappa shape index (κ2) is 4.05. The molecule has 0 saturated heterocycles. The van der Waals surface area contributed by atoms with E-state index in [1.54, 1.807) is 0 Å². The topological polar surface area (TPSA) is 33.1 Å². The van der Waals surface area contributed by atoms with Crippen LogP contribution in [0.25, 0.3) is 0 Å². The maximum atomic E-state index is 12.5. The summed E-state index contributed by atoms with van der Waals surface area (Å²) in [5.74, 6) is 0.143. The molecule has 1 rings (SSSR count). The van der Waals surface area contributed by atoms with Crippen molar-refractivity contribution in [3.63, 3.8) is 0 Å². The van der Waals surface area contributed by atoms with E-state index in [1.165, 1.54) is 12.1 Å². The summed E-state index contributed by atoms with van der Waals surface area (Å²) in [4.78, 5) is 3.90. The molecule has 1 atom stereocenters. The Morgan fingerprint density at radius 3 is 2.12 bits per heavy atom. The van der Waals surface area contributed by atoms with Crippen molar-refractivity contribution in [1.82, 2.24) is 4.98 Å². The first-order valence-corrected chi connectivity index (χ1v) is 4.92. The van der Waals surface area contributed by atoms with Crippen molar-refractivity contribution in [2.45, 2.75) is 38.5 Å². The third-order valence-corrected chi connectivity index (χ3v) is 2.49. The quantitative estimate of drug-likeness (QED) is 0.851. The highest BCUT2D eigenvalue weighted by molar-refractivity contribution is 5.23. The van der Waals surface area contributed by atoms with Crippen LogP contribution in [0, 0.1) is 0 Å². The van der Waals surface area contributed by atoms with Gasteiger partial charge in [0.15, 0.2) is 5.60 Å². The first kappa shape index (κ1) is 13.0. The standard InChI is InChI=1S/C11H14F3NO/c1-7(2)9-5-4-8(6-15-9)10(3,16)11(12,13)14/h4-7,16H,1-3H3. The van der Waals surface area contributed by atoms with Crippen LogP contribution in [-0.4, -0.2) is 16.3 Å². The van der Waals surface area contributed by atoms with Crippen LogP contribution in [-0.2, 0) is 5.60 Å². The third kappa shape index (κ3) is 2.35. The summed E-state index contributed by atoms with van der Waals surface area (Å²) < 4.78 is 37.5. The van der Waals surface area contributed by atoms with Crippen LogP contribution >= 0.6 is 0 Å². The van der Waals surface area contributed by atoms with E-state index in [1.807, 2.05) is 13.8 Å². The van der Waals surface area contributed by atoms with E-state index >= 15 is 0 Å². The first-order chi connectivity index (χ1) is 7.16. The Morgan fingerprint density at radius 2 is 1.81 bits per heavy atom. The average molecular weight is 233 g/mol. The van der Waals surface area contributed by atoms with E-state index in [9.17, 15) is 18.3 Å². The van der Waals surface area contributed by atoms with E-state index < -0.39 is 11.8 Å². The number of nitrogens with zero attached hydrogens (tertiary/aromatic N) is 1. The van der Waals surface area contributed by atoms with Gasteiger partial charge in [0.25, 0.3) is 0 Å². The molecule has 0 aliphatic rings. The Balaban J connectivity index is 3.07. The van der Waals surface area contributed by atoms with Gasteiger partial charge in [0.2, 0.25) is 0 Å². The Morgan fingerprint density at radius 1 is 1.25 bits per heavy atom. The molecule has 0 saturated carbocycles. The minimum absolute atomic E-state index is 0.143. The van der Waals surface area contributed by atoms with Gasteiger partial charge in [-0.15, -0.1) is 0 Å². The van der Waals surface area contributed by atoms with Gasteiger partial charge >= 0.3 is 6.18 Å². The second-order valence-electron chi connectivity index (χ2n) is 4.20. The number of aromatic nitrogens is 1. The summed E-state index contributed by atoms with van der Waals surface area (Å²) in [5.41, 5.74) is -2.40. The number of alkyl halides is 3. The monoisotopic (exact) mass is 233 g/mol. The fourth-order valence-electron chi connectivity index (χ4n) is 1.20. The van der Waals surface area contributed by atoms with Gasteiger partial charge in [-0.2, -0.15) is 13.2 Å². The SMILES string of the molecule is CC(C)c1ccc(C(C)(O)C(F)(F)F)cn1. The molecule has 1 aromatic rings. The van der Waals surface area contributed by atoms with Crippen LogP contribution in [0.5, 0.6) is 0 Å². The largest absolute Gasteiger partial charge is 0.421 e. The summed E-state index contributed by atoms with van der Waals surface area (Å²) in [6.07, 6.45) is -3.63. The smallest absolute Gasteiger partial charge is 0.376 e.